The number of nitrogens with zero attached hydrogens (tertiary/aromatic N) is 1. The SMILES string of the molecule is CC(NC1CCN(C)C1=O)C(F)F. The molecule has 0 radical (unpaired) electrons. The summed E-state index contributed by atoms with van der Waals surface area (Å²) in [6.45, 7) is 2.03. The summed E-state index contributed by atoms with van der Waals surface area (Å²) in [4.78, 5) is 12.8. The summed E-state index contributed by atoms with van der Waals surface area (Å²) in [5, 5.41) is 2.62. The van der Waals surface area contributed by atoms with Gasteiger partial charge >= 0.3 is 0 Å². The average molecular weight is 192 g/mol. The summed E-state index contributed by atoms with van der Waals surface area (Å²) in [6.07, 6.45) is -1.80. The van der Waals surface area contributed by atoms with Gasteiger partial charge in [-0.1, -0.05) is 0 Å². The van der Waals surface area contributed by atoms with Crippen molar-refractivity contribution in [1.29, 1.82) is 0 Å². The lowest BCUT2D eigenvalue weighted by molar-refractivity contribution is -0.128. The maximum absolute atomic E-state index is 12.1. The van der Waals surface area contributed by atoms with Crippen LogP contribution in [0.3, 0.4) is 0 Å². The molecule has 0 aromatic rings. The molecule has 1 aliphatic rings. The maximum Gasteiger partial charge on any atom is 0.253 e. The molecule has 1 saturated heterocycles. The van der Waals surface area contributed by atoms with Gasteiger partial charge in [0.2, 0.25) is 5.91 Å². The summed E-state index contributed by atoms with van der Waals surface area (Å²) in [5.74, 6) is -0.0903. The van der Waals surface area contributed by atoms with Crippen LogP contribution in [-0.2, 0) is 4.79 Å². The van der Waals surface area contributed by atoms with Crippen molar-refractivity contribution in [3.63, 3.8) is 0 Å². The van der Waals surface area contributed by atoms with Gasteiger partial charge < -0.3 is 4.90 Å². The maximum atomic E-state index is 12.1. The minimum atomic E-state index is -2.42. The van der Waals surface area contributed by atoms with E-state index in [1.165, 1.54) is 6.92 Å². The summed E-state index contributed by atoms with van der Waals surface area (Å²) < 4.78 is 24.2. The molecular formula is C8H14F2N2O. The first-order valence-corrected chi connectivity index (χ1v) is 4.31. The van der Waals surface area contributed by atoms with E-state index in [1.54, 1.807) is 11.9 Å². The second kappa shape index (κ2) is 4.00. The first-order valence-electron chi connectivity index (χ1n) is 4.31. The zero-order valence-corrected chi connectivity index (χ0v) is 7.76. The molecule has 0 aromatic carbocycles. The highest BCUT2D eigenvalue weighted by atomic mass is 19.3. The standard InChI is InChI=1S/C8H14F2N2O/c1-5(7(9)10)11-6-3-4-12(2)8(6)13/h5-7,11H,3-4H2,1-2H3. The molecule has 0 bridgehead atoms. The number of rotatable bonds is 3. The van der Waals surface area contributed by atoms with Crippen molar-refractivity contribution in [2.45, 2.75) is 31.9 Å². The van der Waals surface area contributed by atoms with Crippen molar-refractivity contribution in [2.24, 2.45) is 0 Å². The van der Waals surface area contributed by atoms with Gasteiger partial charge in [-0.25, -0.2) is 8.78 Å². The van der Waals surface area contributed by atoms with E-state index in [9.17, 15) is 13.6 Å². The lowest BCUT2D eigenvalue weighted by Gasteiger charge is -2.17. The number of hydrogen-bond donors (Lipinski definition) is 1. The Kier molecular flexibility index (Phi) is 3.19. The van der Waals surface area contributed by atoms with Crippen molar-refractivity contribution in [3.8, 4) is 0 Å². The van der Waals surface area contributed by atoms with Crippen LogP contribution in [-0.4, -0.2) is 42.9 Å². The summed E-state index contributed by atoms with van der Waals surface area (Å²) in [5.41, 5.74) is 0. The molecule has 1 rings (SSSR count). The molecule has 1 N–H and O–H groups in total. The minimum absolute atomic E-state index is 0.0903. The van der Waals surface area contributed by atoms with Crippen LogP contribution in [0.15, 0.2) is 0 Å². The first-order chi connectivity index (χ1) is 6.02. The zero-order valence-electron chi connectivity index (χ0n) is 7.76. The lowest BCUT2D eigenvalue weighted by atomic mass is 10.2. The van der Waals surface area contributed by atoms with Crippen LogP contribution in [0.1, 0.15) is 13.3 Å². The van der Waals surface area contributed by atoms with Crippen molar-refractivity contribution in [3.05, 3.63) is 0 Å². The fourth-order valence-corrected chi connectivity index (χ4v) is 1.37. The largest absolute Gasteiger partial charge is 0.344 e. The third-order valence-corrected chi connectivity index (χ3v) is 2.27. The van der Waals surface area contributed by atoms with E-state index in [1.807, 2.05) is 0 Å². The monoisotopic (exact) mass is 192 g/mol. The van der Waals surface area contributed by atoms with Crippen molar-refractivity contribution in [2.75, 3.05) is 13.6 Å². The molecule has 1 fully saturated rings. The molecule has 2 atom stereocenters. The molecule has 5 heteroatoms. The molecular weight excluding hydrogens is 178 g/mol. The molecule has 1 heterocycles. The smallest absolute Gasteiger partial charge is 0.253 e. The van der Waals surface area contributed by atoms with Crippen LogP contribution in [0.5, 0.6) is 0 Å². The van der Waals surface area contributed by atoms with Crippen LogP contribution in [0.2, 0.25) is 0 Å². The van der Waals surface area contributed by atoms with Crippen LogP contribution in [0.25, 0.3) is 0 Å². The third-order valence-electron chi connectivity index (χ3n) is 2.27. The Labute approximate surface area is 76.1 Å². The van der Waals surface area contributed by atoms with Gasteiger partial charge in [-0.3, -0.25) is 10.1 Å². The van der Waals surface area contributed by atoms with Gasteiger partial charge in [-0.15, -0.1) is 0 Å². The number of likely N-dealkylation sites (tertiary alicyclic amines) is 1. The van der Waals surface area contributed by atoms with Gasteiger partial charge in [0.15, 0.2) is 0 Å². The van der Waals surface area contributed by atoms with E-state index in [0.29, 0.717) is 13.0 Å². The second-order valence-electron chi connectivity index (χ2n) is 3.39. The summed E-state index contributed by atoms with van der Waals surface area (Å²) in [6, 6.07) is -1.34. The van der Waals surface area contributed by atoms with Crippen LogP contribution in [0.4, 0.5) is 8.78 Å². The highest BCUT2D eigenvalue weighted by molar-refractivity contribution is 5.83. The predicted molar refractivity (Wildman–Crippen MR) is 44.6 cm³/mol. The average Bonchev–Trinajstić information content (AvgIpc) is 2.36. The Morgan fingerprint density at radius 1 is 1.62 bits per heavy atom. The van der Waals surface area contributed by atoms with Gasteiger partial charge in [0, 0.05) is 13.6 Å². The highest BCUT2D eigenvalue weighted by Gasteiger charge is 2.31. The number of likely N-dealkylation sites (N-methyl/N-ethyl adjacent to an activating group) is 1. The Bertz CT molecular complexity index is 199. The molecule has 2 unspecified atom stereocenters. The molecule has 0 aromatic heterocycles. The molecule has 0 aliphatic carbocycles. The van der Waals surface area contributed by atoms with E-state index >= 15 is 0 Å². The number of halogens is 2. The molecule has 1 amide bonds. The number of carbonyl (C=O) groups is 1. The Hall–Kier alpha value is -0.710. The number of alkyl halides is 2. The van der Waals surface area contributed by atoms with Crippen LogP contribution in [0, 0.1) is 0 Å². The quantitative estimate of drug-likeness (QED) is 0.704. The Balaban J connectivity index is 2.42. The molecule has 3 nitrogen and oxygen atoms in total. The van der Waals surface area contributed by atoms with Crippen LogP contribution >= 0.6 is 0 Å². The third kappa shape index (κ3) is 2.37. The molecule has 76 valence electrons. The fourth-order valence-electron chi connectivity index (χ4n) is 1.37. The van der Waals surface area contributed by atoms with E-state index in [4.69, 9.17) is 0 Å². The van der Waals surface area contributed by atoms with Crippen LogP contribution < -0.4 is 5.32 Å². The summed E-state index contributed by atoms with van der Waals surface area (Å²) in [7, 11) is 1.68. The highest BCUT2D eigenvalue weighted by Crippen LogP contribution is 2.11. The lowest BCUT2D eigenvalue weighted by Crippen LogP contribution is -2.44. The van der Waals surface area contributed by atoms with Gasteiger partial charge in [0.05, 0.1) is 12.1 Å². The van der Waals surface area contributed by atoms with Gasteiger partial charge in [-0.05, 0) is 13.3 Å². The molecule has 1 aliphatic heterocycles. The Morgan fingerprint density at radius 2 is 2.23 bits per heavy atom. The van der Waals surface area contributed by atoms with Gasteiger partial charge in [-0.2, -0.15) is 0 Å². The molecule has 0 spiro atoms. The van der Waals surface area contributed by atoms with E-state index in [-0.39, 0.29) is 5.91 Å². The van der Waals surface area contributed by atoms with Crippen molar-refractivity contribution >= 4 is 5.91 Å². The van der Waals surface area contributed by atoms with Gasteiger partial charge in [0.25, 0.3) is 6.43 Å². The number of hydrogen-bond acceptors (Lipinski definition) is 2. The number of nitrogens with one attached hydrogen (secondary N) is 1. The Morgan fingerprint density at radius 3 is 2.62 bits per heavy atom. The first kappa shape index (κ1) is 10.4. The fraction of sp³-hybridized carbons (Fsp3) is 0.875. The van der Waals surface area contributed by atoms with Crippen molar-refractivity contribution < 1.29 is 13.6 Å². The van der Waals surface area contributed by atoms with E-state index in [2.05, 4.69) is 5.32 Å². The topological polar surface area (TPSA) is 32.3 Å². The summed E-state index contributed by atoms with van der Waals surface area (Å²) >= 11 is 0. The predicted octanol–water partition coefficient (Wildman–Crippen LogP) is 0.460. The van der Waals surface area contributed by atoms with Gasteiger partial charge in [0.1, 0.15) is 0 Å². The van der Waals surface area contributed by atoms with E-state index in [0.717, 1.165) is 0 Å². The minimum Gasteiger partial charge on any atom is -0.344 e. The normalized spacial score (nSPS) is 25.8. The molecule has 0 saturated carbocycles. The number of amides is 1. The number of carbonyl (C=O) groups excluding carboxylic acids is 1. The van der Waals surface area contributed by atoms with Crippen molar-refractivity contribution in [1.82, 2.24) is 10.2 Å². The van der Waals surface area contributed by atoms with E-state index < -0.39 is 18.5 Å². The second-order valence-corrected chi connectivity index (χ2v) is 3.39. The molecule has 13 heavy (non-hydrogen) atoms. The zero-order chi connectivity index (χ0) is 10.0.